The third-order valence-electron chi connectivity index (χ3n) is 5.06. The maximum absolute atomic E-state index is 11.9. The quantitative estimate of drug-likeness (QED) is 0.454. The van der Waals surface area contributed by atoms with Gasteiger partial charge in [-0.2, -0.15) is 0 Å². The fraction of sp³-hybridized carbons (Fsp3) is 0.458. The van der Waals surface area contributed by atoms with Gasteiger partial charge < -0.3 is 14.6 Å². The molecule has 0 fully saturated rings. The molecule has 1 aromatic carbocycles. The van der Waals surface area contributed by atoms with E-state index in [0.29, 0.717) is 16.9 Å². The molecule has 0 spiro atoms. The van der Waals surface area contributed by atoms with Crippen LogP contribution in [-0.2, 0) is 4.74 Å². The topological polar surface area (TPSA) is 55.8 Å². The minimum Gasteiger partial charge on any atom is -0.506 e. The van der Waals surface area contributed by atoms with Crippen molar-refractivity contribution in [3.8, 4) is 11.5 Å². The van der Waals surface area contributed by atoms with Gasteiger partial charge in [0.25, 0.3) is 0 Å². The molecule has 1 unspecified atom stereocenters. The number of fused-ring (bicyclic) bond motifs is 1. The van der Waals surface area contributed by atoms with Crippen molar-refractivity contribution >= 4 is 12.0 Å². The van der Waals surface area contributed by atoms with Crippen LogP contribution in [0, 0.1) is 6.92 Å². The molecule has 1 N–H and O–H groups in total. The van der Waals surface area contributed by atoms with Crippen molar-refractivity contribution in [2.75, 3.05) is 7.11 Å². The lowest BCUT2D eigenvalue weighted by atomic mass is 9.92. The first kappa shape index (κ1) is 21.8. The normalized spacial score (nSPS) is 18.3. The zero-order valence-corrected chi connectivity index (χ0v) is 17.9. The van der Waals surface area contributed by atoms with Gasteiger partial charge in [0.1, 0.15) is 22.7 Å². The molecule has 2 rings (SSSR count). The molecular formula is C24H32O4. The molecule has 0 aromatic heterocycles. The van der Waals surface area contributed by atoms with Crippen molar-refractivity contribution in [3.63, 3.8) is 0 Å². The van der Waals surface area contributed by atoms with Crippen LogP contribution in [0.25, 0.3) is 6.08 Å². The SMILES string of the molecule is COC(=O)c1c(C)cc2c(c1O)C=CC(C)(CC/C=C(\C)CCC=C(C)C)O2. The zero-order chi connectivity index (χ0) is 20.9. The molecule has 0 aliphatic carbocycles. The number of phenols is 1. The average molecular weight is 385 g/mol. The predicted molar refractivity (Wildman–Crippen MR) is 114 cm³/mol. The molecule has 0 radical (unpaired) electrons. The highest BCUT2D eigenvalue weighted by atomic mass is 16.5. The van der Waals surface area contributed by atoms with E-state index in [-0.39, 0.29) is 11.3 Å². The molecule has 28 heavy (non-hydrogen) atoms. The second-order valence-electron chi connectivity index (χ2n) is 7.98. The lowest BCUT2D eigenvalue weighted by Gasteiger charge is -2.32. The maximum Gasteiger partial charge on any atom is 0.341 e. The predicted octanol–water partition coefficient (Wildman–Crippen LogP) is 6.12. The van der Waals surface area contributed by atoms with Gasteiger partial charge >= 0.3 is 5.97 Å². The number of methoxy groups -OCH3 is 1. The van der Waals surface area contributed by atoms with E-state index in [9.17, 15) is 9.90 Å². The van der Waals surface area contributed by atoms with Gasteiger partial charge in [-0.05, 0) is 84.1 Å². The third-order valence-corrected chi connectivity index (χ3v) is 5.06. The second-order valence-corrected chi connectivity index (χ2v) is 7.98. The van der Waals surface area contributed by atoms with E-state index in [1.807, 2.05) is 19.1 Å². The Morgan fingerprint density at radius 3 is 2.61 bits per heavy atom. The van der Waals surface area contributed by atoms with E-state index in [0.717, 1.165) is 25.7 Å². The minimum absolute atomic E-state index is 0.0878. The number of carbonyl (C=O) groups excluding carboxylic acids is 1. The van der Waals surface area contributed by atoms with Gasteiger partial charge in [0.15, 0.2) is 0 Å². The van der Waals surface area contributed by atoms with Crippen LogP contribution in [0.1, 0.15) is 74.9 Å². The molecule has 0 amide bonds. The van der Waals surface area contributed by atoms with E-state index < -0.39 is 11.6 Å². The number of esters is 1. The van der Waals surface area contributed by atoms with E-state index >= 15 is 0 Å². The smallest absolute Gasteiger partial charge is 0.341 e. The van der Waals surface area contributed by atoms with Crippen molar-refractivity contribution in [2.45, 2.75) is 65.9 Å². The van der Waals surface area contributed by atoms with Crippen LogP contribution in [0.5, 0.6) is 11.5 Å². The lowest BCUT2D eigenvalue weighted by molar-refractivity contribution is 0.0596. The molecule has 1 atom stereocenters. The first-order valence-corrected chi connectivity index (χ1v) is 9.79. The van der Waals surface area contributed by atoms with Crippen LogP contribution >= 0.6 is 0 Å². The highest BCUT2D eigenvalue weighted by molar-refractivity contribution is 5.96. The van der Waals surface area contributed by atoms with Crippen LogP contribution in [0.4, 0.5) is 0 Å². The Kier molecular flexibility index (Phi) is 7.11. The summed E-state index contributed by atoms with van der Waals surface area (Å²) < 4.78 is 11.0. The summed E-state index contributed by atoms with van der Waals surface area (Å²) in [4.78, 5) is 11.9. The highest BCUT2D eigenvalue weighted by Gasteiger charge is 2.30. The Balaban J connectivity index is 2.09. The van der Waals surface area contributed by atoms with E-state index in [1.54, 1.807) is 13.0 Å². The summed E-state index contributed by atoms with van der Waals surface area (Å²) in [5.74, 6) is -0.0414. The van der Waals surface area contributed by atoms with Crippen LogP contribution < -0.4 is 4.74 Å². The fourth-order valence-corrected chi connectivity index (χ4v) is 3.36. The minimum atomic E-state index is -0.548. The summed E-state index contributed by atoms with van der Waals surface area (Å²) >= 11 is 0. The van der Waals surface area contributed by atoms with Gasteiger partial charge in [0.2, 0.25) is 0 Å². The van der Waals surface area contributed by atoms with Crippen LogP contribution in [0.2, 0.25) is 0 Å². The largest absolute Gasteiger partial charge is 0.506 e. The van der Waals surface area contributed by atoms with Gasteiger partial charge in [-0.15, -0.1) is 0 Å². The number of aromatic hydroxyl groups is 1. The summed E-state index contributed by atoms with van der Waals surface area (Å²) in [6.45, 7) is 10.2. The summed E-state index contributed by atoms with van der Waals surface area (Å²) in [5, 5.41) is 10.5. The lowest BCUT2D eigenvalue weighted by Crippen LogP contribution is -2.32. The molecule has 4 nitrogen and oxygen atoms in total. The molecule has 1 aliphatic heterocycles. The Morgan fingerprint density at radius 2 is 1.96 bits per heavy atom. The van der Waals surface area contributed by atoms with Crippen molar-refractivity contribution < 1.29 is 19.4 Å². The molecule has 1 heterocycles. The Bertz CT molecular complexity index is 825. The Labute approximate surface area is 168 Å². The van der Waals surface area contributed by atoms with Crippen LogP contribution in [-0.4, -0.2) is 23.8 Å². The number of benzene rings is 1. The van der Waals surface area contributed by atoms with Crippen molar-refractivity contribution in [2.24, 2.45) is 0 Å². The van der Waals surface area contributed by atoms with Crippen LogP contribution in [0.3, 0.4) is 0 Å². The molecule has 0 saturated carbocycles. The van der Waals surface area contributed by atoms with Gasteiger partial charge in [0.05, 0.1) is 12.7 Å². The number of phenolic OH excluding ortho intramolecular Hbond substituents is 1. The fourth-order valence-electron chi connectivity index (χ4n) is 3.36. The van der Waals surface area contributed by atoms with Gasteiger partial charge in [-0.3, -0.25) is 0 Å². The monoisotopic (exact) mass is 384 g/mol. The summed E-state index contributed by atoms with van der Waals surface area (Å²) in [6, 6.07) is 1.80. The zero-order valence-electron chi connectivity index (χ0n) is 17.9. The average Bonchev–Trinajstić information content (AvgIpc) is 2.60. The summed E-state index contributed by atoms with van der Waals surface area (Å²) in [6.07, 6.45) is 12.2. The van der Waals surface area contributed by atoms with Gasteiger partial charge in [-0.25, -0.2) is 4.79 Å². The third kappa shape index (κ3) is 5.28. The highest BCUT2D eigenvalue weighted by Crippen LogP contribution is 2.41. The van der Waals surface area contributed by atoms with Crippen molar-refractivity contribution in [1.29, 1.82) is 0 Å². The van der Waals surface area contributed by atoms with E-state index in [2.05, 4.69) is 32.9 Å². The second kappa shape index (κ2) is 9.13. The number of allylic oxidation sites excluding steroid dienone is 4. The van der Waals surface area contributed by atoms with Crippen LogP contribution in [0.15, 0.2) is 35.4 Å². The standard InChI is InChI=1S/C24H32O4/c1-16(2)9-7-10-17(3)11-8-13-24(5)14-12-19-20(28-24)15-18(4)21(22(19)25)23(26)27-6/h9,11-12,14-15,25H,7-8,10,13H2,1-6H3/b17-11+. The molecule has 0 bridgehead atoms. The number of carbonyl (C=O) groups is 1. The first-order chi connectivity index (χ1) is 13.2. The summed E-state index contributed by atoms with van der Waals surface area (Å²) in [5.41, 5.74) is 3.64. The summed E-state index contributed by atoms with van der Waals surface area (Å²) in [7, 11) is 1.30. The molecule has 0 saturated heterocycles. The number of ether oxygens (including phenoxy) is 2. The van der Waals surface area contributed by atoms with E-state index in [4.69, 9.17) is 9.47 Å². The number of hydrogen-bond acceptors (Lipinski definition) is 4. The first-order valence-electron chi connectivity index (χ1n) is 9.79. The molecule has 1 aromatic rings. The number of aryl methyl sites for hydroxylation is 1. The van der Waals surface area contributed by atoms with E-state index in [1.165, 1.54) is 18.3 Å². The van der Waals surface area contributed by atoms with Crippen molar-refractivity contribution in [3.05, 3.63) is 52.1 Å². The maximum atomic E-state index is 11.9. The number of rotatable bonds is 7. The van der Waals surface area contributed by atoms with Gasteiger partial charge in [-0.1, -0.05) is 23.3 Å². The molecule has 4 heteroatoms. The molecule has 1 aliphatic rings. The van der Waals surface area contributed by atoms with Gasteiger partial charge in [0, 0.05) is 0 Å². The molecular weight excluding hydrogens is 352 g/mol. The Hall–Kier alpha value is -2.49. The van der Waals surface area contributed by atoms with Crippen molar-refractivity contribution in [1.82, 2.24) is 0 Å². The Morgan fingerprint density at radius 1 is 1.25 bits per heavy atom. The molecule has 152 valence electrons. The number of hydrogen-bond donors (Lipinski definition) is 1.